The molecule has 0 heterocycles. The minimum absolute atomic E-state index is 0.109. The molecule has 1 amide bonds. The molecule has 108 valence electrons. The summed E-state index contributed by atoms with van der Waals surface area (Å²) in [7, 11) is 0. The Bertz CT molecular complexity index is 619. The van der Waals surface area contributed by atoms with Crippen LogP contribution in [-0.2, 0) is 24.1 Å². The molecule has 2 nitrogen and oxygen atoms in total. The number of fused-ring (bicyclic) bond motifs is 1. The molecule has 0 aliphatic heterocycles. The first kappa shape index (κ1) is 13.9. The summed E-state index contributed by atoms with van der Waals surface area (Å²) in [5, 5.41) is 3.10. The zero-order valence-electron chi connectivity index (χ0n) is 12.3. The average molecular weight is 279 g/mol. The van der Waals surface area contributed by atoms with Gasteiger partial charge in [0.1, 0.15) is 0 Å². The largest absolute Gasteiger partial charge is 0.326 e. The topological polar surface area (TPSA) is 29.1 Å². The monoisotopic (exact) mass is 279 g/mol. The van der Waals surface area contributed by atoms with Crippen molar-refractivity contribution < 1.29 is 4.79 Å². The van der Waals surface area contributed by atoms with E-state index in [1.54, 1.807) is 0 Å². The molecule has 21 heavy (non-hydrogen) atoms. The second-order valence-corrected chi connectivity index (χ2v) is 5.68. The predicted molar refractivity (Wildman–Crippen MR) is 86.5 cm³/mol. The number of nitrogens with one attached hydrogen (secondary N) is 1. The number of hydrogen-bond acceptors (Lipinski definition) is 1. The van der Waals surface area contributed by atoms with Crippen LogP contribution in [0.1, 0.15) is 36.0 Å². The van der Waals surface area contributed by atoms with E-state index in [1.165, 1.54) is 29.5 Å². The summed E-state index contributed by atoms with van der Waals surface area (Å²) in [5.41, 5.74) is 4.98. The van der Waals surface area contributed by atoms with Crippen molar-refractivity contribution in [2.75, 3.05) is 5.32 Å². The summed E-state index contributed by atoms with van der Waals surface area (Å²) in [6.07, 6.45) is 6.05. The lowest BCUT2D eigenvalue weighted by Gasteiger charge is -2.19. The molecule has 2 heteroatoms. The second-order valence-electron chi connectivity index (χ2n) is 5.68. The molecular formula is C19H21NO. The van der Waals surface area contributed by atoms with Crippen LogP contribution >= 0.6 is 0 Å². The molecule has 2 aromatic carbocycles. The number of rotatable bonds is 4. The highest BCUT2D eigenvalue weighted by atomic mass is 16.1. The van der Waals surface area contributed by atoms with Crippen molar-refractivity contribution in [1.29, 1.82) is 0 Å². The minimum Gasteiger partial charge on any atom is -0.326 e. The molecule has 0 atom stereocenters. The molecule has 0 saturated carbocycles. The number of carbonyl (C=O) groups excluding carboxylic acids is 1. The van der Waals surface area contributed by atoms with Gasteiger partial charge in [0.05, 0.1) is 0 Å². The maximum Gasteiger partial charge on any atom is 0.224 e. The lowest BCUT2D eigenvalue weighted by Crippen LogP contribution is -2.15. The van der Waals surface area contributed by atoms with Gasteiger partial charge in [-0.3, -0.25) is 4.79 Å². The van der Waals surface area contributed by atoms with Crippen LogP contribution in [0.4, 0.5) is 5.69 Å². The van der Waals surface area contributed by atoms with Crippen molar-refractivity contribution in [1.82, 2.24) is 0 Å². The molecule has 0 fully saturated rings. The Balaban J connectivity index is 1.63. The van der Waals surface area contributed by atoms with Crippen LogP contribution in [0.2, 0.25) is 0 Å². The van der Waals surface area contributed by atoms with Gasteiger partial charge in [-0.2, -0.15) is 0 Å². The Morgan fingerprint density at radius 1 is 0.952 bits per heavy atom. The quantitative estimate of drug-likeness (QED) is 0.895. The van der Waals surface area contributed by atoms with Gasteiger partial charge in [0.2, 0.25) is 5.91 Å². The molecule has 2 aromatic rings. The standard InChI is InChI=1S/C19H21NO/c21-19(14-13-15-7-2-1-3-8-15)20-18-12-6-10-16-9-4-5-11-17(16)18/h1-3,6-8,10,12H,4-5,9,11,13-14H2,(H,20,21). The van der Waals surface area contributed by atoms with E-state index in [0.717, 1.165) is 24.9 Å². The highest BCUT2D eigenvalue weighted by molar-refractivity contribution is 5.91. The van der Waals surface area contributed by atoms with Gasteiger partial charge < -0.3 is 5.32 Å². The Morgan fingerprint density at radius 3 is 2.62 bits per heavy atom. The van der Waals surface area contributed by atoms with Crippen LogP contribution in [0.5, 0.6) is 0 Å². The molecule has 0 radical (unpaired) electrons. The first-order valence-corrected chi connectivity index (χ1v) is 7.77. The van der Waals surface area contributed by atoms with Gasteiger partial charge in [0.25, 0.3) is 0 Å². The highest BCUT2D eigenvalue weighted by Crippen LogP contribution is 2.27. The molecule has 0 spiro atoms. The fourth-order valence-electron chi connectivity index (χ4n) is 3.01. The van der Waals surface area contributed by atoms with Gasteiger partial charge in [0, 0.05) is 12.1 Å². The van der Waals surface area contributed by atoms with Gasteiger partial charge >= 0.3 is 0 Å². The third kappa shape index (κ3) is 3.52. The van der Waals surface area contributed by atoms with Gasteiger partial charge in [-0.1, -0.05) is 42.5 Å². The Kier molecular flexibility index (Phi) is 4.34. The first-order valence-electron chi connectivity index (χ1n) is 7.77. The zero-order valence-corrected chi connectivity index (χ0v) is 12.3. The molecule has 3 rings (SSSR count). The summed E-state index contributed by atoms with van der Waals surface area (Å²) in [4.78, 5) is 12.2. The smallest absolute Gasteiger partial charge is 0.224 e. The SMILES string of the molecule is O=C(CCc1ccccc1)Nc1cccc2c1CCCC2. The Morgan fingerprint density at radius 2 is 1.76 bits per heavy atom. The van der Waals surface area contributed by atoms with E-state index in [4.69, 9.17) is 0 Å². The fourth-order valence-corrected chi connectivity index (χ4v) is 3.01. The third-order valence-electron chi connectivity index (χ3n) is 4.15. The normalized spacial score (nSPS) is 13.5. The summed E-state index contributed by atoms with van der Waals surface area (Å²) < 4.78 is 0. The molecule has 1 N–H and O–H groups in total. The number of hydrogen-bond donors (Lipinski definition) is 1. The summed E-state index contributed by atoms with van der Waals surface area (Å²) in [6, 6.07) is 16.4. The number of anilines is 1. The molecule has 1 aliphatic carbocycles. The zero-order chi connectivity index (χ0) is 14.5. The lowest BCUT2D eigenvalue weighted by atomic mass is 9.90. The molecule has 0 bridgehead atoms. The van der Waals surface area contributed by atoms with Crippen molar-refractivity contribution in [2.45, 2.75) is 38.5 Å². The van der Waals surface area contributed by atoms with E-state index < -0.39 is 0 Å². The summed E-state index contributed by atoms with van der Waals surface area (Å²) in [5.74, 6) is 0.109. The van der Waals surface area contributed by atoms with Crippen molar-refractivity contribution in [3.05, 3.63) is 65.2 Å². The Labute approximate surface area is 126 Å². The number of aryl methyl sites for hydroxylation is 2. The van der Waals surface area contributed by atoms with Crippen molar-refractivity contribution in [3.8, 4) is 0 Å². The molecular weight excluding hydrogens is 258 g/mol. The lowest BCUT2D eigenvalue weighted by molar-refractivity contribution is -0.116. The highest BCUT2D eigenvalue weighted by Gasteiger charge is 2.14. The van der Waals surface area contributed by atoms with E-state index >= 15 is 0 Å². The third-order valence-corrected chi connectivity index (χ3v) is 4.15. The van der Waals surface area contributed by atoms with Crippen LogP contribution in [0, 0.1) is 0 Å². The second kappa shape index (κ2) is 6.57. The molecule has 0 saturated heterocycles. The van der Waals surface area contributed by atoms with Gasteiger partial charge in [-0.15, -0.1) is 0 Å². The van der Waals surface area contributed by atoms with E-state index in [2.05, 4.69) is 29.6 Å². The van der Waals surface area contributed by atoms with Crippen molar-refractivity contribution in [3.63, 3.8) is 0 Å². The van der Waals surface area contributed by atoms with Gasteiger partial charge in [0.15, 0.2) is 0 Å². The van der Waals surface area contributed by atoms with Gasteiger partial charge in [-0.25, -0.2) is 0 Å². The average Bonchev–Trinajstić information content (AvgIpc) is 2.54. The summed E-state index contributed by atoms with van der Waals surface area (Å²) >= 11 is 0. The maximum absolute atomic E-state index is 12.2. The Hall–Kier alpha value is -2.09. The molecule has 1 aliphatic rings. The van der Waals surface area contributed by atoms with Crippen LogP contribution in [0.15, 0.2) is 48.5 Å². The molecule has 0 aromatic heterocycles. The van der Waals surface area contributed by atoms with E-state index in [9.17, 15) is 4.79 Å². The van der Waals surface area contributed by atoms with Crippen LogP contribution < -0.4 is 5.32 Å². The van der Waals surface area contributed by atoms with E-state index in [-0.39, 0.29) is 5.91 Å². The van der Waals surface area contributed by atoms with Crippen molar-refractivity contribution >= 4 is 11.6 Å². The predicted octanol–water partition coefficient (Wildman–Crippen LogP) is 4.14. The molecule has 0 unspecified atom stereocenters. The van der Waals surface area contributed by atoms with Crippen LogP contribution in [0.3, 0.4) is 0 Å². The summed E-state index contributed by atoms with van der Waals surface area (Å²) in [6.45, 7) is 0. The number of benzene rings is 2. The number of carbonyl (C=O) groups is 1. The van der Waals surface area contributed by atoms with Crippen LogP contribution in [0.25, 0.3) is 0 Å². The minimum atomic E-state index is 0.109. The van der Waals surface area contributed by atoms with Gasteiger partial charge in [-0.05, 0) is 54.9 Å². The van der Waals surface area contributed by atoms with Crippen molar-refractivity contribution in [2.24, 2.45) is 0 Å². The van der Waals surface area contributed by atoms with E-state index in [1.807, 2.05) is 24.3 Å². The fraction of sp³-hybridized carbons (Fsp3) is 0.316. The first-order chi connectivity index (χ1) is 10.3. The number of amides is 1. The van der Waals surface area contributed by atoms with Crippen LogP contribution in [-0.4, -0.2) is 5.91 Å². The van der Waals surface area contributed by atoms with E-state index in [0.29, 0.717) is 6.42 Å². The maximum atomic E-state index is 12.2.